The number of anilines is 2. The molecule has 6 rings (SSSR count). The minimum Gasteiger partial charge on any atom is -0.439 e. The van der Waals surface area contributed by atoms with Gasteiger partial charge in [-0.05, 0) is 111 Å². The third-order valence-electron chi connectivity index (χ3n) is 12.2. The van der Waals surface area contributed by atoms with Gasteiger partial charge in [0.1, 0.15) is 36.3 Å². The lowest BCUT2D eigenvalue weighted by Crippen LogP contribution is -2.58. The monoisotopic (exact) mass is 1070 g/mol. The number of rotatable bonds is 19. The molecule has 2 aromatic heterocycles. The van der Waals surface area contributed by atoms with Gasteiger partial charge < -0.3 is 44.9 Å². The maximum atomic E-state index is 15.4. The Labute approximate surface area is 441 Å². The van der Waals surface area contributed by atoms with E-state index in [2.05, 4.69) is 25.9 Å². The molecule has 5 aromatic rings. The van der Waals surface area contributed by atoms with Crippen molar-refractivity contribution in [2.45, 2.75) is 91.1 Å². The van der Waals surface area contributed by atoms with Gasteiger partial charge in [-0.25, -0.2) is 14.4 Å². The third kappa shape index (κ3) is 14.1. The number of nitrogens with one attached hydrogen (secondary N) is 3. The summed E-state index contributed by atoms with van der Waals surface area (Å²) in [5.74, 6) is -2.78. The lowest BCUT2D eigenvalue weighted by atomic mass is 9.85. The average molecular weight is 1070 g/mol. The number of aldehydes is 1. The highest BCUT2D eigenvalue weighted by atomic mass is 32.1. The standard InChI is InChI=1S/C53H57F4N9O7S2/c1-32-45(75-31-62-32)34-13-11-33(12-14-34)27-61-48(70)40-10-8-24-65(40)49(71)46(51(2,3)4)63-41(68)29-72-25-9-23-59-47(69)35-15-19-38(20-16-35)73-42-22-18-37(28-60-42)66(52(5,6)30-67)50(74)64(7)39-21-17-36(26-58)43(44(39)54)53(55,56)57/h11-22,28,30-31,40,46H,8-10,23-25,27,29H2,1-7H3,(H,59,69)(H,61,70)(H,63,68)/t40-,46+/m0/s1. The molecule has 3 N–H and O–H groups in total. The Morgan fingerprint density at radius 2 is 1.69 bits per heavy atom. The van der Waals surface area contributed by atoms with E-state index in [1.165, 1.54) is 62.3 Å². The van der Waals surface area contributed by atoms with Crippen LogP contribution in [0.15, 0.2) is 84.5 Å². The summed E-state index contributed by atoms with van der Waals surface area (Å²) in [7, 11) is 1.23. The van der Waals surface area contributed by atoms with Crippen molar-refractivity contribution in [1.82, 2.24) is 30.8 Å². The molecule has 1 aliphatic heterocycles. The van der Waals surface area contributed by atoms with Crippen LogP contribution in [0.1, 0.15) is 86.6 Å². The summed E-state index contributed by atoms with van der Waals surface area (Å²) in [6.07, 6.45) is -1.79. The van der Waals surface area contributed by atoms with Crippen LogP contribution in [0.5, 0.6) is 11.6 Å². The fourth-order valence-electron chi connectivity index (χ4n) is 8.17. The molecular weight excluding hydrogens is 1010 g/mol. The first kappa shape index (κ1) is 56.9. The molecule has 1 aliphatic rings. The summed E-state index contributed by atoms with van der Waals surface area (Å²) in [6.45, 7) is 11.2. The SMILES string of the molecule is Cc1ncsc1-c1ccc(CNC(=O)[C@@H]2CCCN2C(=O)[C@@H](NC(=O)COCCCNC(=O)c2ccc(Oc3ccc(N(C(=S)N(C)c4ccc(C#N)c(C(F)(F)F)c4F)C(C)(C)C=O)cn3)cc2)C(C)(C)C)cc1. The first-order valence-electron chi connectivity index (χ1n) is 23.8. The second kappa shape index (κ2) is 24.3. The third-order valence-corrected chi connectivity index (χ3v) is 13.7. The highest BCUT2D eigenvalue weighted by Gasteiger charge is 2.43. The van der Waals surface area contributed by atoms with Gasteiger partial charge in [0.15, 0.2) is 10.9 Å². The van der Waals surface area contributed by atoms with Crippen LogP contribution in [0.25, 0.3) is 10.4 Å². The minimum absolute atomic E-state index is 0.0957. The van der Waals surface area contributed by atoms with E-state index in [4.69, 9.17) is 21.7 Å². The van der Waals surface area contributed by atoms with Gasteiger partial charge in [0.05, 0.1) is 50.8 Å². The molecule has 2 atom stereocenters. The number of benzene rings is 3. The van der Waals surface area contributed by atoms with Gasteiger partial charge in [-0.15, -0.1) is 11.3 Å². The van der Waals surface area contributed by atoms with Crippen molar-refractivity contribution in [1.29, 1.82) is 5.26 Å². The molecule has 0 radical (unpaired) electrons. The summed E-state index contributed by atoms with van der Waals surface area (Å²) in [4.78, 5) is 79.1. The van der Waals surface area contributed by atoms with Gasteiger partial charge in [0.2, 0.25) is 23.6 Å². The van der Waals surface area contributed by atoms with Crippen LogP contribution in [-0.2, 0) is 36.6 Å². The number of thiocarbonyl (C=S) groups is 1. The maximum Gasteiger partial charge on any atom is 0.420 e. The molecule has 396 valence electrons. The van der Waals surface area contributed by atoms with E-state index in [1.807, 2.05) is 52.0 Å². The van der Waals surface area contributed by atoms with E-state index in [0.29, 0.717) is 50.0 Å². The van der Waals surface area contributed by atoms with E-state index >= 15 is 4.39 Å². The van der Waals surface area contributed by atoms with Crippen molar-refractivity contribution in [2.24, 2.45) is 5.41 Å². The largest absolute Gasteiger partial charge is 0.439 e. The average Bonchev–Trinajstić information content (AvgIpc) is 4.05. The molecule has 1 saturated heterocycles. The zero-order valence-electron chi connectivity index (χ0n) is 42.3. The lowest BCUT2D eigenvalue weighted by molar-refractivity contribution is -0.144. The minimum atomic E-state index is -5.17. The number of amides is 4. The summed E-state index contributed by atoms with van der Waals surface area (Å²) < 4.78 is 68.1. The van der Waals surface area contributed by atoms with Crippen LogP contribution in [0.4, 0.5) is 28.9 Å². The van der Waals surface area contributed by atoms with E-state index in [0.717, 1.165) is 38.7 Å². The zero-order chi connectivity index (χ0) is 54.8. The predicted octanol–water partition coefficient (Wildman–Crippen LogP) is 8.52. The van der Waals surface area contributed by atoms with Crippen molar-refractivity contribution in [3.63, 3.8) is 0 Å². The van der Waals surface area contributed by atoms with Crippen molar-refractivity contribution < 1.29 is 51.0 Å². The molecule has 0 unspecified atom stereocenters. The number of nitriles is 1. The van der Waals surface area contributed by atoms with Crippen LogP contribution < -0.4 is 30.5 Å². The Bertz CT molecular complexity index is 2920. The molecule has 0 spiro atoms. The van der Waals surface area contributed by atoms with Crippen molar-refractivity contribution in [3.8, 4) is 28.1 Å². The second-order valence-corrected chi connectivity index (χ2v) is 20.5. The van der Waals surface area contributed by atoms with Gasteiger partial charge >= 0.3 is 6.18 Å². The van der Waals surface area contributed by atoms with Crippen LogP contribution in [0, 0.1) is 29.5 Å². The first-order valence-corrected chi connectivity index (χ1v) is 25.0. The van der Waals surface area contributed by atoms with E-state index in [9.17, 15) is 42.4 Å². The fraction of sp³-hybridized carbons (Fsp3) is 0.377. The fourth-order valence-corrected chi connectivity index (χ4v) is 9.42. The predicted molar refractivity (Wildman–Crippen MR) is 279 cm³/mol. The number of aryl methyl sites for hydroxylation is 1. The topological polar surface area (TPSA) is 199 Å². The Morgan fingerprint density at radius 3 is 2.29 bits per heavy atom. The smallest absolute Gasteiger partial charge is 0.420 e. The molecule has 22 heteroatoms. The number of halogens is 4. The summed E-state index contributed by atoms with van der Waals surface area (Å²) >= 11 is 7.15. The summed E-state index contributed by atoms with van der Waals surface area (Å²) in [5, 5.41) is 17.5. The molecule has 3 aromatic carbocycles. The van der Waals surface area contributed by atoms with Gasteiger partial charge in [0.25, 0.3) is 5.91 Å². The number of hydrogen-bond donors (Lipinski definition) is 3. The van der Waals surface area contributed by atoms with Gasteiger partial charge in [0, 0.05) is 44.9 Å². The van der Waals surface area contributed by atoms with E-state index in [1.54, 1.807) is 33.9 Å². The van der Waals surface area contributed by atoms with Crippen LogP contribution in [-0.4, -0.2) is 101 Å². The highest BCUT2D eigenvalue weighted by molar-refractivity contribution is 7.80. The van der Waals surface area contributed by atoms with E-state index < -0.39 is 57.8 Å². The molecule has 75 heavy (non-hydrogen) atoms. The van der Waals surface area contributed by atoms with Gasteiger partial charge in [-0.3, -0.25) is 19.2 Å². The summed E-state index contributed by atoms with van der Waals surface area (Å²) in [5.41, 5.74) is -0.0273. The normalized spacial score (nSPS) is 14.1. The Morgan fingerprint density at radius 1 is 0.987 bits per heavy atom. The van der Waals surface area contributed by atoms with Gasteiger partial charge in [-0.1, -0.05) is 45.0 Å². The number of thiazole rings is 1. The Balaban J connectivity index is 0.942. The number of aromatic nitrogens is 2. The van der Waals surface area contributed by atoms with Crippen molar-refractivity contribution in [3.05, 3.63) is 118 Å². The molecule has 0 bridgehead atoms. The zero-order valence-corrected chi connectivity index (χ0v) is 44.0. The Kier molecular flexibility index (Phi) is 18.5. The molecular formula is C53H57F4N9O7S2. The van der Waals surface area contributed by atoms with Crippen molar-refractivity contribution in [2.75, 3.05) is 43.2 Å². The number of hydrogen-bond acceptors (Lipinski definition) is 12. The number of pyridine rings is 1. The maximum absolute atomic E-state index is 15.4. The molecule has 0 aliphatic carbocycles. The molecule has 0 saturated carbocycles. The molecule has 1 fully saturated rings. The quantitative estimate of drug-likeness (QED) is 0.0308. The number of carbonyl (C=O) groups is 5. The first-order chi connectivity index (χ1) is 35.4. The number of ether oxygens (including phenoxy) is 2. The molecule has 16 nitrogen and oxygen atoms in total. The van der Waals surface area contributed by atoms with Crippen LogP contribution in [0.2, 0.25) is 0 Å². The lowest BCUT2D eigenvalue weighted by Gasteiger charge is -2.39. The highest BCUT2D eigenvalue weighted by Crippen LogP contribution is 2.39. The Hall–Kier alpha value is -7.35. The van der Waals surface area contributed by atoms with Gasteiger partial charge in [-0.2, -0.15) is 18.4 Å². The number of carbonyl (C=O) groups excluding carboxylic acids is 5. The second-order valence-electron chi connectivity index (χ2n) is 19.3. The number of likely N-dealkylation sites (tertiary alicyclic amines) is 1. The number of alkyl halides is 3. The van der Waals surface area contributed by atoms with Crippen molar-refractivity contribution >= 4 is 70.0 Å². The molecule has 4 amide bonds. The molecule has 3 heterocycles. The van der Waals surface area contributed by atoms with Crippen LogP contribution >= 0.6 is 23.6 Å². The van der Waals surface area contributed by atoms with E-state index in [-0.39, 0.29) is 54.2 Å². The van der Waals surface area contributed by atoms with Crippen LogP contribution in [0.3, 0.4) is 0 Å². The number of nitrogens with zero attached hydrogens (tertiary/aromatic N) is 6. The summed E-state index contributed by atoms with van der Waals surface area (Å²) in [6, 6.07) is 18.6.